The van der Waals surface area contributed by atoms with Gasteiger partial charge in [-0.1, -0.05) is 68.4 Å². The largest absolute Gasteiger partial charge is 0.494 e. The topological polar surface area (TPSA) is 23.4 Å². The van der Waals surface area contributed by atoms with Gasteiger partial charge >= 0.3 is 7.12 Å². The van der Waals surface area contributed by atoms with Gasteiger partial charge in [-0.05, 0) is 85.7 Å². The molecule has 0 unspecified atom stereocenters. The molecule has 0 spiro atoms. The smallest absolute Gasteiger partial charge is 0.399 e. The van der Waals surface area contributed by atoms with Crippen LogP contribution >= 0.6 is 13.5 Å². The quantitative estimate of drug-likeness (QED) is 0.226. The lowest BCUT2D eigenvalue weighted by Gasteiger charge is -2.32. The minimum absolute atomic E-state index is 0. The third kappa shape index (κ3) is 3.38. The maximum Gasteiger partial charge on any atom is 0.494 e. The summed E-state index contributed by atoms with van der Waals surface area (Å²) in [5.74, 6) is 0. The molecule has 0 bridgehead atoms. The van der Waals surface area contributed by atoms with Gasteiger partial charge < -0.3 is 13.9 Å². The molecule has 2 heterocycles. The first-order chi connectivity index (χ1) is 17.6. The molecule has 1 fully saturated rings. The van der Waals surface area contributed by atoms with E-state index in [9.17, 15) is 0 Å². The van der Waals surface area contributed by atoms with Gasteiger partial charge in [-0.3, -0.25) is 0 Å². The first-order valence-electron chi connectivity index (χ1n) is 13.2. The van der Waals surface area contributed by atoms with Crippen molar-refractivity contribution in [2.75, 3.05) is 0 Å². The molecule has 192 valence electrons. The molecular weight excluding hydrogens is 485 g/mol. The summed E-state index contributed by atoms with van der Waals surface area (Å²) >= 11 is 0. The van der Waals surface area contributed by atoms with Crippen LogP contribution in [0.4, 0.5) is 0 Å². The van der Waals surface area contributed by atoms with Gasteiger partial charge in [0.05, 0.1) is 22.2 Å². The fourth-order valence-electron chi connectivity index (χ4n) is 6.21. The van der Waals surface area contributed by atoms with Crippen LogP contribution in [0.1, 0.15) is 52.7 Å². The normalized spacial score (nSPS) is 18.4. The van der Waals surface area contributed by atoms with Gasteiger partial charge in [0, 0.05) is 21.9 Å². The zero-order valence-electron chi connectivity index (χ0n) is 22.9. The first kappa shape index (κ1) is 25.3. The van der Waals surface area contributed by atoms with Crippen LogP contribution in [0.2, 0.25) is 0 Å². The lowest BCUT2D eigenvalue weighted by Crippen LogP contribution is -2.41. The SMILES string of the molecule is CC1(C)c2ccccc2-c2cc3c4cc(B5OC(C)(C)C(C)(C)O5)ccc4n(-c4ccccc4)c3cc21.S. The summed E-state index contributed by atoms with van der Waals surface area (Å²) in [7, 11) is -0.390. The molecule has 1 aliphatic heterocycles. The Morgan fingerprint density at radius 2 is 1.24 bits per heavy atom. The van der Waals surface area contributed by atoms with E-state index in [1.807, 2.05) is 0 Å². The van der Waals surface area contributed by atoms with Crippen LogP contribution in [0.3, 0.4) is 0 Å². The van der Waals surface area contributed by atoms with E-state index < -0.39 is 7.12 Å². The summed E-state index contributed by atoms with van der Waals surface area (Å²) in [4.78, 5) is 0. The van der Waals surface area contributed by atoms with E-state index >= 15 is 0 Å². The number of benzene rings is 4. The molecule has 0 radical (unpaired) electrons. The minimum Gasteiger partial charge on any atom is -0.399 e. The molecule has 1 aromatic heterocycles. The van der Waals surface area contributed by atoms with Gasteiger partial charge in [-0.25, -0.2) is 0 Å². The average molecular weight is 520 g/mol. The second-order valence-corrected chi connectivity index (χ2v) is 12.1. The van der Waals surface area contributed by atoms with E-state index in [4.69, 9.17) is 9.31 Å². The van der Waals surface area contributed by atoms with Gasteiger partial charge in [0.1, 0.15) is 0 Å². The first-order valence-corrected chi connectivity index (χ1v) is 13.2. The van der Waals surface area contributed by atoms with Crippen molar-refractivity contribution in [3.63, 3.8) is 0 Å². The summed E-state index contributed by atoms with van der Waals surface area (Å²) in [6.07, 6.45) is 0. The van der Waals surface area contributed by atoms with Crippen LogP contribution in [0.5, 0.6) is 0 Å². The van der Waals surface area contributed by atoms with Crippen LogP contribution in [-0.4, -0.2) is 22.9 Å². The van der Waals surface area contributed by atoms with E-state index in [0.29, 0.717) is 0 Å². The van der Waals surface area contributed by atoms with Crippen LogP contribution in [0, 0.1) is 0 Å². The Hall–Kier alpha value is -2.99. The predicted molar refractivity (Wildman–Crippen MR) is 164 cm³/mol. The van der Waals surface area contributed by atoms with Crippen molar-refractivity contribution < 1.29 is 9.31 Å². The Kier molecular flexibility index (Phi) is 5.50. The highest BCUT2D eigenvalue weighted by molar-refractivity contribution is 7.59. The summed E-state index contributed by atoms with van der Waals surface area (Å²) in [6, 6.07) is 31.0. The van der Waals surface area contributed by atoms with E-state index in [1.54, 1.807) is 0 Å². The molecule has 1 saturated heterocycles. The number of rotatable bonds is 2. The van der Waals surface area contributed by atoms with Crippen LogP contribution < -0.4 is 5.46 Å². The van der Waals surface area contributed by atoms with Crippen molar-refractivity contribution in [2.24, 2.45) is 0 Å². The monoisotopic (exact) mass is 519 g/mol. The lowest BCUT2D eigenvalue weighted by molar-refractivity contribution is 0.00578. The summed E-state index contributed by atoms with van der Waals surface area (Å²) in [6.45, 7) is 13.1. The van der Waals surface area contributed by atoms with Crippen molar-refractivity contribution in [2.45, 2.75) is 58.2 Å². The fraction of sp³-hybridized carbons (Fsp3) is 0.273. The molecule has 2 aliphatic rings. The zero-order chi connectivity index (χ0) is 25.7. The number of hydrogen-bond acceptors (Lipinski definition) is 2. The van der Waals surface area contributed by atoms with Crippen LogP contribution in [-0.2, 0) is 14.7 Å². The molecule has 0 saturated carbocycles. The zero-order valence-corrected chi connectivity index (χ0v) is 23.9. The van der Waals surface area contributed by atoms with E-state index in [0.717, 1.165) is 5.46 Å². The van der Waals surface area contributed by atoms with Crippen molar-refractivity contribution in [3.05, 3.63) is 96.1 Å². The molecule has 0 amide bonds. The predicted octanol–water partition coefficient (Wildman–Crippen LogP) is 7.50. The second kappa shape index (κ2) is 8.26. The minimum atomic E-state index is -0.390. The highest BCUT2D eigenvalue weighted by Gasteiger charge is 2.51. The highest BCUT2D eigenvalue weighted by Crippen LogP contribution is 2.51. The highest BCUT2D eigenvalue weighted by atomic mass is 32.1. The molecular formula is C33H34BNO2S. The number of aromatic nitrogens is 1. The molecule has 4 aromatic carbocycles. The maximum absolute atomic E-state index is 6.42. The van der Waals surface area contributed by atoms with Gasteiger partial charge in [0.2, 0.25) is 0 Å². The van der Waals surface area contributed by atoms with Crippen molar-refractivity contribution in [1.29, 1.82) is 0 Å². The molecule has 5 aromatic rings. The fourth-order valence-corrected chi connectivity index (χ4v) is 6.21. The summed E-state index contributed by atoms with van der Waals surface area (Å²) < 4.78 is 15.2. The van der Waals surface area contributed by atoms with E-state index in [-0.39, 0.29) is 30.1 Å². The van der Waals surface area contributed by atoms with Crippen molar-refractivity contribution in [3.8, 4) is 16.8 Å². The third-order valence-electron chi connectivity index (χ3n) is 9.03. The Balaban J connectivity index is 0.00000264. The van der Waals surface area contributed by atoms with Crippen LogP contribution in [0.15, 0.2) is 84.9 Å². The Bertz CT molecular complexity index is 1700. The van der Waals surface area contributed by atoms with Gasteiger partial charge in [0.25, 0.3) is 0 Å². The standard InChI is InChI=1S/C33H32BNO2.H2S/c1-31(2)27-15-11-10-14-23(27)24-19-26-25-18-21(34-36-32(3,4)33(5,6)37-34)16-17-29(25)35(30(26)20-28(24)31)22-12-8-7-9-13-22;/h7-20H,1-6H3;1H2. The molecule has 0 atom stereocenters. The van der Waals surface area contributed by atoms with Gasteiger partial charge in [0.15, 0.2) is 0 Å². The summed E-state index contributed by atoms with van der Waals surface area (Å²) in [5.41, 5.74) is 9.29. The molecule has 5 heteroatoms. The summed E-state index contributed by atoms with van der Waals surface area (Å²) in [5, 5.41) is 2.47. The lowest BCUT2D eigenvalue weighted by atomic mass is 9.78. The number of nitrogens with zero attached hydrogens (tertiary/aromatic N) is 1. The van der Waals surface area contributed by atoms with E-state index in [1.165, 1.54) is 49.7 Å². The number of fused-ring (bicyclic) bond motifs is 6. The molecule has 7 rings (SSSR count). The van der Waals surface area contributed by atoms with Gasteiger partial charge in [-0.15, -0.1) is 0 Å². The second-order valence-electron chi connectivity index (χ2n) is 12.1. The van der Waals surface area contributed by atoms with Crippen LogP contribution in [0.25, 0.3) is 38.6 Å². The molecule has 0 N–H and O–H groups in total. The molecule has 38 heavy (non-hydrogen) atoms. The average Bonchev–Trinajstić information content (AvgIpc) is 3.40. The Labute approximate surface area is 232 Å². The Morgan fingerprint density at radius 3 is 1.95 bits per heavy atom. The molecule has 1 aliphatic carbocycles. The number of para-hydroxylation sites is 1. The molecule has 3 nitrogen and oxygen atoms in total. The Morgan fingerprint density at radius 1 is 0.605 bits per heavy atom. The van der Waals surface area contributed by atoms with E-state index in [2.05, 4.69) is 131 Å². The van der Waals surface area contributed by atoms with Gasteiger partial charge in [-0.2, -0.15) is 13.5 Å². The van der Waals surface area contributed by atoms with Crippen molar-refractivity contribution in [1.82, 2.24) is 4.57 Å². The maximum atomic E-state index is 6.42. The van der Waals surface area contributed by atoms with Crippen molar-refractivity contribution >= 4 is 47.9 Å². The third-order valence-corrected chi connectivity index (χ3v) is 9.03. The number of hydrogen-bond donors (Lipinski definition) is 0.